The van der Waals surface area contributed by atoms with E-state index in [1.165, 1.54) is 11.3 Å². The first-order chi connectivity index (χ1) is 9.67. The van der Waals surface area contributed by atoms with Gasteiger partial charge < -0.3 is 20.3 Å². The highest BCUT2D eigenvalue weighted by atomic mass is 32.1. The van der Waals surface area contributed by atoms with Crippen LogP contribution in [0.3, 0.4) is 0 Å². The third-order valence-electron chi connectivity index (χ3n) is 2.55. The number of thiophene rings is 1. The van der Waals surface area contributed by atoms with Crippen molar-refractivity contribution in [2.24, 2.45) is 0 Å². The minimum Gasteiger partial charge on any atom is -0.481 e. The van der Waals surface area contributed by atoms with Crippen molar-refractivity contribution in [3.63, 3.8) is 0 Å². The van der Waals surface area contributed by atoms with Crippen molar-refractivity contribution in [1.82, 2.24) is 5.32 Å². The van der Waals surface area contributed by atoms with Crippen LogP contribution in [0.4, 0.5) is 4.79 Å². The highest BCUT2D eigenvalue weighted by Gasteiger charge is 2.26. The van der Waals surface area contributed by atoms with Crippen LogP contribution in [0.2, 0.25) is 0 Å². The highest BCUT2D eigenvalue weighted by Crippen LogP contribution is 2.15. The van der Waals surface area contributed by atoms with Crippen molar-refractivity contribution < 1.29 is 24.5 Å². The number of carboxylic acids is 1. The first kappa shape index (κ1) is 17.5. The number of carboxylic acid groups (broad SMARTS) is 1. The van der Waals surface area contributed by atoms with Gasteiger partial charge in [0.25, 0.3) is 0 Å². The van der Waals surface area contributed by atoms with Crippen LogP contribution in [0.1, 0.15) is 32.1 Å². The summed E-state index contributed by atoms with van der Waals surface area (Å²) in [7, 11) is 0. The molecule has 6 nitrogen and oxygen atoms in total. The van der Waals surface area contributed by atoms with Gasteiger partial charge in [0.1, 0.15) is 5.60 Å². The van der Waals surface area contributed by atoms with Crippen LogP contribution in [0.25, 0.3) is 0 Å². The predicted molar refractivity (Wildman–Crippen MR) is 79.4 cm³/mol. The zero-order valence-electron chi connectivity index (χ0n) is 12.3. The topological polar surface area (TPSA) is 95.9 Å². The molecule has 1 aromatic heterocycles. The standard InChI is InChI=1S/C14H21NO5S/c1-14(2,3)20-13(19)15-10(11(16)8-12(17)18)7-9-5-4-6-21-9/h4-6,10-11,16H,7-8H2,1-3H3,(H,15,19)(H,17,18)/t10-,11-/m0/s1. The number of aliphatic carboxylic acids is 1. The molecule has 3 N–H and O–H groups in total. The summed E-state index contributed by atoms with van der Waals surface area (Å²) in [5.41, 5.74) is -0.657. The van der Waals surface area contributed by atoms with E-state index in [9.17, 15) is 14.7 Å². The lowest BCUT2D eigenvalue weighted by Crippen LogP contribution is -2.47. The molecule has 0 saturated carbocycles. The summed E-state index contributed by atoms with van der Waals surface area (Å²) >= 11 is 1.48. The Morgan fingerprint density at radius 3 is 2.57 bits per heavy atom. The first-order valence-corrected chi connectivity index (χ1v) is 7.47. The maximum absolute atomic E-state index is 11.8. The maximum Gasteiger partial charge on any atom is 0.407 e. The molecule has 0 unspecified atom stereocenters. The lowest BCUT2D eigenvalue weighted by atomic mass is 10.0. The van der Waals surface area contributed by atoms with Gasteiger partial charge in [0.05, 0.1) is 18.6 Å². The molecule has 1 heterocycles. The molecule has 0 aromatic carbocycles. The van der Waals surface area contributed by atoms with Gasteiger partial charge in [0.15, 0.2) is 0 Å². The molecule has 0 aliphatic heterocycles. The van der Waals surface area contributed by atoms with E-state index >= 15 is 0 Å². The fraction of sp³-hybridized carbons (Fsp3) is 0.571. The van der Waals surface area contributed by atoms with Crippen LogP contribution in [0.5, 0.6) is 0 Å². The summed E-state index contributed by atoms with van der Waals surface area (Å²) in [4.78, 5) is 23.5. The highest BCUT2D eigenvalue weighted by molar-refractivity contribution is 7.09. The van der Waals surface area contributed by atoms with Gasteiger partial charge >= 0.3 is 12.1 Å². The van der Waals surface area contributed by atoms with E-state index in [0.717, 1.165) is 4.88 Å². The van der Waals surface area contributed by atoms with Gasteiger partial charge in [-0.05, 0) is 32.2 Å². The second kappa shape index (κ2) is 7.42. The monoisotopic (exact) mass is 315 g/mol. The summed E-state index contributed by atoms with van der Waals surface area (Å²) in [6.45, 7) is 5.19. The van der Waals surface area contributed by atoms with Crippen molar-refractivity contribution in [2.45, 2.75) is 51.4 Å². The molecule has 1 amide bonds. The molecule has 0 bridgehead atoms. The van der Waals surface area contributed by atoms with E-state index in [1.54, 1.807) is 20.8 Å². The van der Waals surface area contributed by atoms with Crippen molar-refractivity contribution in [3.05, 3.63) is 22.4 Å². The lowest BCUT2D eigenvalue weighted by Gasteiger charge is -2.25. The van der Waals surface area contributed by atoms with Crippen molar-refractivity contribution in [3.8, 4) is 0 Å². The van der Waals surface area contributed by atoms with Gasteiger partial charge in [-0.15, -0.1) is 11.3 Å². The first-order valence-electron chi connectivity index (χ1n) is 6.59. The molecule has 0 spiro atoms. The van der Waals surface area contributed by atoms with Crippen molar-refractivity contribution in [1.29, 1.82) is 0 Å². The molecule has 0 aliphatic carbocycles. The van der Waals surface area contributed by atoms with E-state index in [0.29, 0.717) is 6.42 Å². The number of aliphatic hydroxyl groups is 1. The molecule has 118 valence electrons. The maximum atomic E-state index is 11.8. The second-order valence-electron chi connectivity index (χ2n) is 5.70. The van der Waals surface area contributed by atoms with Crippen LogP contribution in [0.15, 0.2) is 17.5 Å². The summed E-state index contributed by atoms with van der Waals surface area (Å²) < 4.78 is 5.14. The second-order valence-corrected chi connectivity index (χ2v) is 6.73. The number of rotatable bonds is 6. The summed E-state index contributed by atoms with van der Waals surface area (Å²) in [6, 6.07) is 3.00. The number of carbonyl (C=O) groups excluding carboxylic acids is 1. The van der Waals surface area contributed by atoms with E-state index in [2.05, 4.69) is 5.32 Å². The summed E-state index contributed by atoms with van der Waals surface area (Å²) in [6.07, 6.45) is -1.94. The van der Waals surface area contributed by atoms with Gasteiger partial charge in [0, 0.05) is 11.3 Å². The van der Waals surface area contributed by atoms with E-state index in [4.69, 9.17) is 9.84 Å². The number of hydrogen-bond acceptors (Lipinski definition) is 5. The Morgan fingerprint density at radius 1 is 1.43 bits per heavy atom. The molecular formula is C14H21NO5S. The molecule has 1 aromatic rings. The third-order valence-corrected chi connectivity index (χ3v) is 3.45. The largest absolute Gasteiger partial charge is 0.481 e. The normalized spacial score (nSPS) is 14.3. The van der Waals surface area contributed by atoms with Gasteiger partial charge in [-0.1, -0.05) is 6.07 Å². The van der Waals surface area contributed by atoms with Crippen molar-refractivity contribution in [2.75, 3.05) is 0 Å². The molecule has 0 radical (unpaired) electrons. The number of aliphatic hydroxyl groups excluding tert-OH is 1. The molecule has 7 heteroatoms. The van der Waals surface area contributed by atoms with Crippen LogP contribution in [0, 0.1) is 0 Å². The number of nitrogens with one attached hydrogen (secondary N) is 1. The number of carbonyl (C=O) groups is 2. The molecule has 1 rings (SSSR count). The zero-order valence-corrected chi connectivity index (χ0v) is 13.1. The van der Waals surface area contributed by atoms with Gasteiger partial charge in [-0.25, -0.2) is 4.79 Å². The predicted octanol–water partition coefficient (Wildman–Crippen LogP) is 2.02. The molecular weight excluding hydrogens is 294 g/mol. The Balaban J connectivity index is 2.71. The van der Waals surface area contributed by atoms with Crippen LogP contribution in [-0.4, -0.2) is 40.0 Å². The molecule has 2 atom stereocenters. The van der Waals surface area contributed by atoms with E-state index < -0.39 is 36.2 Å². The number of ether oxygens (including phenoxy) is 1. The molecule has 0 fully saturated rings. The minimum absolute atomic E-state index is 0.353. The van der Waals surface area contributed by atoms with E-state index in [1.807, 2.05) is 17.5 Å². The number of hydrogen-bond donors (Lipinski definition) is 3. The Hall–Kier alpha value is -1.60. The number of amides is 1. The van der Waals surface area contributed by atoms with Gasteiger partial charge in [-0.3, -0.25) is 4.79 Å². The average molecular weight is 315 g/mol. The zero-order chi connectivity index (χ0) is 16.0. The Bertz CT molecular complexity index is 466. The average Bonchev–Trinajstić information content (AvgIpc) is 2.77. The quantitative estimate of drug-likeness (QED) is 0.746. The van der Waals surface area contributed by atoms with Gasteiger partial charge in [0.2, 0.25) is 0 Å². The SMILES string of the molecule is CC(C)(C)OC(=O)N[C@@H](Cc1cccs1)[C@@H](O)CC(=O)O. The summed E-state index contributed by atoms with van der Waals surface area (Å²) in [5.74, 6) is -1.12. The Kier molecular flexibility index (Phi) is 6.17. The van der Waals surface area contributed by atoms with Crippen LogP contribution in [-0.2, 0) is 16.0 Å². The third kappa shape index (κ3) is 7.10. The lowest BCUT2D eigenvalue weighted by molar-refractivity contribution is -0.139. The minimum atomic E-state index is -1.18. The Labute approximate surface area is 127 Å². The molecule has 0 aliphatic rings. The number of alkyl carbamates (subject to hydrolysis) is 1. The van der Waals surface area contributed by atoms with Crippen LogP contribution >= 0.6 is 11.3 Å². The van der Waals surface area contributed by atoms with Crippen LogP contribution < -0.4 is 5.32 Å². The van der Waals surface area contributed by atoms with E-state index in [-0.39, 0.29) is 0 Å². The summed E-state index contributed by atoms with van der Waals surface area (Å²) in [5, 5.41) is 23.2. The molecule has 0 saturated heterocycles. The smallest absolute Gasteiger partial charge is 0.407 e. The van der Waals surface area contributed by atoms with Gasteiger partial charge in [-0.2, -0.15) is 0 Å². The van der Waals surface area contributed by atoms with Crippen molar-refractivity contribution >= 4 is 23.4 Å². The fourth-order valence-corrected chi connectivity index (χ4v) is 2.47. The Morgan fingerprint density at radius 2 is 2.10 bits per heavy atom. The molecule has 21 heavy (non-hydrogen) atoms. The fourth-order valence-electron chi connectivity index (χ4n) is 1.71.